The predicted molar refractivity (Wildman–Crippen MR) is 71.8 cm³/mol. The van der Waals surface area contributed by atoms with Gasteiger partial charge in [0.2, 0.25) is 10.0 Å². The third-order valence-corrected chi connectivity index (χ3v) is 5.34. The quantitative estimate of drug-likeness (QED) is 0.755. The summed E-state index contributed by atoms with van der Waals surface area (Å²) in [5.74, 6) is 0.794. The molecule has 96 valence electrons. The highest BCUT2D eigenvalue weighted by atomic mass is 79.9. The lowest BCUT2D eigenvalue weighted by molar-refractivity contribution is 0.340. The molecule has 0 saturated carbocycles. The van der Waals surface area contributed by atoms with Gasteiger partial charge in [-0.25, -0.2) is 8.42 Å². The molecule has 17 heavy (non-hydrogen) atoms. The van der Waals surface area contributed by atoms with Gasteiger partial charge in [0.25, 0.3) is 0 Å². The van der Waals surface area contributed by atoms with Crippen molar-refractivity contribution in [2.45, 2.75) is 13.5 Å². The highest BCUT2D eigenvalue weighted by Gasteiger charge is 2.15. The van der Waals surface area contributed by atoms with Crippen molar-refractivity contribution < 1.29 is 13.2 Å². The van der Waals surface area contributed by atoms with Crippen LogP contribution in [-0.2, 0) is 16.6 Å². The van der Waals surface area contributed by atoms with Crippen LogP contribution in [0.1, 0.15) is 12.5 Å². The fraction of sp³-hybridized carbons (Fsp3) is 0.455. The van der Waals surface area contributed by atoms with Gasteiger partial charge >= 0.3 is 0 Å². The summed E-state index contributed by atoms with van der Waals surface area (Å²) >= 11 is 2.97. The maximum absolute atomic E-state index is 11.5. The first-order valence-electron chi connectivity index (χ1n) is 5.21. The van der Waals surface area contributed by atoms with Crippen LogP contribution in [0.25, 0.3) is 0 Å². The maximum atomic E-state index is 11.5. The van der Waals surface area contributed by atoms with E-state index in [9.17, 15) is 8.42 Å². The zero-order valence-electron chi connectivity index (χ0n) is 9.89. The molecule has 0 aliphatic rings. The molecule has 0 amide bonds. The number of benzene rings is 1. The van der Waals surface area contributed by atoms with Crippen LogP contribution in [-0.4, -0.2) is 31.0 Å². The fourth-order valence-electron chi connectivity index (χ4n) is 1.30. The van der Waals surface area contributed by atoms with Crippen LogP contribution in [0.5, 0.6) is 5.75 Å². The zero-order valence-corrected chi connectivity index (χ0v) is 12.3. The Morgan fingerprint density at radius 3 is 2.35 bits per heavy atom. The molecule has 0 heterocycles. The lowest BCUT2D eigenvalue weighted by atomic mass is 10.2. The first-order valence-corrected chi connectivity index (χ1v) is 7.94. The number of rotatable bonds is 6. The maximum Gasteiger partial charge on any atom is 0.224 e. The molecular formula is C11H16BrNO3S. The topological polar surface area (TPSA) is 46.6 Å². The predicted octanol–water partition coefficient (Wildman–Crippen LogP) is 2.20. The largest absolute Gasteiger partial charge is 0.494 e. The van der Waals surface area contributed by atoms with E-state index >= 15 is 0 Å². The Bertz CT molecular complexity index is 444. The fourth-order valence-corrected chi connectivity index (χ4v) is 2.86. The summed E-state index contributed by atoms with van der Waals surface area (Å²) in [5, 5.41) is 0. The first kappa shape index (κ1) is 14.5. The normalized spacial score (nSPS) is 11.8. The second kappa shape index (κ2) is 6.37. The molecule has 1 aromatic carbocycles. The van der Waals surface area contributed by atoms with Crippen molar-refractivity contribution in [2.75, 3.05) is 18.3 Å². The Hall–Kier alpha value is -0.590. The third kappa shape index (κ3) is 4.29. The first-order chi connectivity index (χ1) is 7.99. The summed E-state index contributed by atoms with van der Waals surface area (Å²) in [6.45, 7) is 2.90. The molecular weight excluding hydrogens is 306 g/mol. The van der Waals surface area contributed by atoms with Crippen molar-refractivity contribution in [3.63, 3.8) is 0 Å². The highest BCUT2D eigenvalue weighted by molar-refractivity contribution is 9.10. The summed E-state index contributed by atoms with van der Waals surface area (Å²) in [6.07, 6.45) is 0. The molecule has 0 atom stereocenters. The van der Waals surface area contributed by atoms with Gasteiger partial charge in [-0.3, -0.25) is 0 Å². The Balaban J connectivity index is 2.69. The van der Waals surface area contributed by atoms with Crippen molar-refractivity contribution in [2.24, 2.45) is 0 Å². The van der Waals surface area contributed by atoms with Crippen molar-refractivity contribution >= 4 is 26.0 Å². The number of ether oxygens (including phenoxy) is 1. The summed E-state index contributed by atoms with van der Waals surface area (Å²) in [5.41, 5.74) is 0.931. The standard InChI is InChI=1S/C11H16BrNO3S/c1-3-16-11-6-4-10(5-7-11)8-13(2)17(14,15)9-12/h4-7H,3,8-9H2,1-2H3. The third-order valence-electron chi connectivity index (χ3n) is 2.25. The molecule has 1 aromatic rings. The van der Waals surface area contributed by atoms with Gasteiger partial charge in [0.15, 0.2) is 0 Å². The number of hydrogen-bond donors (Lipinski definition) is 0. The van der Waals surface area contributed by atoms with Crippen molar-refractivity contribution in [3.8, 4) is 5.75 Å². The molecule has 0 fully saturated rings. The summed E-state index contributed by atoms with van der Waals surface area (Å²) < 4.78 is 29.6. The van der Waals surface area contributed by atoms with E-state index in [1.807, 2.05) is 31.2 Å². The number of alkyl halides is 1. The van der Waals surface area contributed by atoms with Gasteiger partial charge in [0.1, 0.15) is 10.4 Å². The van der Waals surface area contributed by atoms with E-state index in [0.717, 1.165) is 11.3 Å². The number of nitrogens with zero attached hydrogens (tertiary/aromatic N) is 1. The van der Waals surface area contributed by atoms with Gasteiger partial charge in [-0.15, -0.1) is 0 Å². The lowest BCUT2D eigenvalue weighted by Crippen LogP contribution is -2.26. The smallest absolute Gasteiger partial charge is 0.224 e. The van der Waals surface area contributed by atoms with Crippen molar-refractivity contribution in [1.29, 1.82) is 0 Å². The van der Waals surface area contributed by atoms with E-state index in [-0.39, 0.29) is 4.66 Å². The molecule has 0 bridgehead atoms. The Kier molecular flexibility index (Phi) is 5.42. The van der Waals surface area contributed by atoms with Crippen molar-refractivity contribution in [1.82, 2.24) is 4.31 Å². The van der Waals surface area contributed by atoms with Crippen LogP contribution >= 0.6 is 15.9 Å². The molecule has 6 heteroatoms. The van der Waals surface area contributed by atoms with Crippen LogP contribution in [0.2, 0.25) is 0 Å². The van der Waals surface area contributed by atoms with Crippen molar-refractivity contribution in [3.05, 3.63) is 29.8 Å². The minimum absolute atomic E-state index is 0.0620. The minimum Gasteiger partial charge on any atom is -0.494 e. The number of halogens is 1. The van der Waals surface area contributed by atoms with Crippen LogP contribution in [0.15, 0.2) is 24.3 Å². The highest BCUT2D eigenvalue weighted by Crippen LogP contribution is 2.14. The lowest BCUT2D eigenvalue weighted by Gasteiger charge is -2.15. The van der Waals surface area contributed by atoms with E-state index < -0.39 is 10.0 Å². The average Bonchev–Trinajstić information content (AvgIpc) is 2.32. The monoisotopic (exact) mass is 321 g/mol. The Labute approximate surface area is 111 Å². The van der Waals surface area contributed by atoms with E-state index in [1.54, 1.807) is 7.05 Å². The molecule has 0 N–H and O–H groups in total. The van der Waals surface area contributed by atoms with Gasteiger partial charge < -0.3 is 4.74 Å². The summed E-state index contributed by atoms with van der Waals surface area (Å²) in [6, 6.07) is 7.41. The molecule has 0 aliphatic carbocycles. The van der Waals surface area contributed by atoms with Gasteiger partial charge in [-0.2, -0.15) is 4.31 Å². The molecule has 0 spiro atoms. The number of sulfonamides is 1. The molecule has 0 radical (unpaired) electrons. The SMILES string of the molecule is CCOc1ccc(CN(C)S(=O)(=O)CBr)cc1. The number of hydrogen-bond acceptors (Lipinski definition) is 3. The Morgan fingerprint density at radius 1 is 1.29 bits per heavy atom. The molecule has 0 unspecified atom stereocenters. The Morgan fingerprint density at radius 2 is 1.88 bits per heavy atom. The molecule has 4 nitrogen and oxygen atoms in total. The van der Waals surface area contributed by atoms with Gasteiger partial charge in [0, 0.05) is 13.6 Å². The average molecular weight is 322 g/mol. The minimum atomic E-state index is -3.20. The van der Waals surface area contributed by atoms with E-state index in [4.69, 9.17) is 4.74 Å². The van der Waals surface area contributed by atoms with Gasteiger partial charge in [-0.1, -0.05) is 28.1 Å². The van der Waals surface area contributed by atoms with E-state index in [2.05, 4.69) is 15.9 Å². The second-order valence-corrected chi connectivity index (χ2v) is 6.93. The van der Waals surface area contributed by atoms with Crippen LogP contribution in [0.4, 0.5) is 0 Å². The van der Waals surface area contributed by atoms with Crippen LogP contribution < -0.4 is 4.74 Å². The summed E-state index contributed by atoms with van der Waals surface area (Å²) in [4.78, 5) is 0. The molecule has 0 aromatic heterocycles. The van der Waals surface area contributed by atoms with Crippen LogP contribution in [0.3, 0.4) is 0 Å². The van der Waals surface area contributed by atoms with Crippen LogP contribution in [0, 0.1) is 0 Å². The molecule has 1 rings (SSSR count). The molecule has 0 saturated heterocycles. The second-order valence-electron chi connectivity index (χ2n) is 3.55. The van der Waals surface area contributed by atoms with E-state index in [1.165, 1.54) is 4.31 Å². The summed E-state index contributed by atoms with van der Waals surface area (Å²) in [7, 11) is -1.64. The van der Waals surface area contributed by atoms with Gasteiger partial charge in [-0.05, 0) is 24.6 Å². The zero-order chi connectivity index (χ0) is 12.9. The van der Waals surface area contributed by atoms with Gasteiger partial charge in [0.05, 0.1) is 6.61 Å². The molecule has 0 aliphatic heterocycles. The van der Waals surface area contributed by atoms with E-state index in [0.29, 0.717) is 13.2 Å².